The Kier molecular flexibility index (Phi) is 2.89. The second-order valence-corrected chi connectivity index (χ2v) is 4.23. The maximum absolute atomic E-state index is 11.0. The Morgan fingerprint density at radius 2 is 1.83 bits per heavy atom. The van der Waals surface area contributed by atoms with Gasteiger partial charge in [0.15, 0.2) is 5.78 Å². The fourth-order valence-electron chi connectivity index (χ4n) is 2.12. The summed E-state index contributed by atoms with van der Waals surface area (Å²) in [6.07, 6.45) is 4.81. The normalized spacial score (nSPS) is 24.9. The third-order valence-electron chi connectivity index (χ3n) is 3.04. The monoisotopic (exact) mass is 170 g/mol. The van der Waals surface area contributed by atoms with Crippen LogP contribution >= 0.6 is 0 Å². The van der Waals surface area contributed by atoms with Crippen molar-refractivity contribution in [3.05, 3.63) is 0 Å². The Morgan fingerprint density at radius 3 is 2.25 bits per heavy atom. The van der Waals surface area contributed by atoms with E-state index in [1.165, 1.54) is 13.3 Å². The van der Waals surface area contributed by atoms with Crippen molar-refractivity contribution in [2.75, 3.05) is 0 Å². The molecule has 0 heterocycles. The lowest BCUT2D eigenvalue weighted by Crippen LogP contribution is -2.38. The predicted octanol–water partition coefficient (Wildman–Crippen LogP) is 1.91. The number of aliphatic hydroxyl groups is 1. The van der Waals surface area contributed by atoms with Gasteiger partial charge in [-0.2, -0.15) is 0 Å². The van der Waals surface area contributed by atoms with E-state index in [1.54, 1.807) is 0 Å². The van der Waals surface area contributed by atoms with Gasteiger partial charge >= 0.3 is 0 Å². The molecule has 0 amide bonds. The number of aliphatic hydroxyl groups excluding tert-OH is 1. The minimum atomic E-state index is -0.738. The number of hydrogen-bond donors (Lipinski definition) is 1. The highest BCUT2D eigenvalue weighted by molar-refractivity contribution is 5.81. The van der Waals surface area contributed by atoms with Crippen molar-refractivity contribution in [1.29, 1.82) is 0 Å². The van der Waals surface area contributed by atoms with Crippen molar-refractivity contribution in [2.24, 2.45) is 5.41 Å². The number of carbonyl (C=O) groups excluding carboxylic acids is 1. The topological polar surface area (TPSA) is 37.3 Å². The molecule has 0 aromatic carbocycles. The lowest BCUT2D eigenvalue weighted by molar-refractivity contribution is -0.132. The molecule has 1 fully saturated rings. The summed E-state index contributed by atoms with van der Waals surface area (Å²) in [4.78, 5) is 11.0. The average molecular weight is 170 g/mol. The van der Waals surface area contributed by atoms with E-state index in [2.05, 4.69) is 0 Å². The van der Waals surface area contributed by atoms with Crippen LogP contribution in [0.25, 0.3) is 0 Å². The number of Topliss-reactive ketones (excluding diaryl/α,β-unsaturated/α-hetero) is 1. The van der Waals surface area contributed by atoms with Gasteiger partial charge in [-0.05, 0) is 19.8 Å². The zero-order valence-electron chi connectivity index (χ0n) is 7.97. The van der Waals surface area contributed by atoms with E-state index in [0.29, 0.717) is 0 Å². The molecule has 2 heteroatoms. The first-order valence-corrected chi connectivity index (χ1v) is 4.75. The molecule has 0 radical (unpaired) electrons. The molecule has 1 aliphatic rings. The van der Waals surface area contributed by atoms with Crippen LogP contribution in [0.1, 0.15) is 46.0 Å². The Morgan fingerprint density at radius 1 is 1.33 bits per heavy atom. The van der Waals surface area contributed by atoms with Crippen LogP contribution in [0.15, 0.2) is 0 Å². The summed E-state index contributed by atoms with van der Waals surface area (Å²) in [7, 11) is 0. The number of rotatable bonds is 2. The van der Waals surface area contributed by atoms with Gasteiger partial charge in [-0.3, -0.25) is 4.79 Å². The molecule has 12 heavy (non-hydrogen) atoms. The zero-order chi connectivity index (χ0) is 9.19. The van der Waals surface area contributed by atoms with Gasteiger partial charge in [0.25, 0.3) is 0 Å². The smallest absolute Gasteiger partial charge is 0.158 e. The molecule has 0 bridgehead atoms. The molecule has 1 atom stereocenters. The average Bonchev–Trinajstić information content (AvgIpc) is 2.04. The van der Waals surface area contributed by atoms with Crippen LogP contribution in [0.3, 0.4) is 0 Å². The maximum atomic E-state index is 11.0. The van der Waals surface area contributed by atoms with Crippen LogP contribution in [0.2, 0.25) is 0 Å². The summed E-state index contributed by atoms with van der Waals surface area (Å²) < 4.78 is 0. The Bertz CT molecular complexity index is 169. The summed E-state index contributed by atoms with van der Waals surface area (Å²) in [5.74, 6) is -0.0839. The molecule has 0 aromatic rings. The van der Waals surface area contributed by atoms with Crippen molar-refractivity contribution in [2.45, 2.75) is 52.1 Å². The number of ketones is 1. The largest absolute Gasteiger partial charge is 0.385 e. The van der Waals surface area contributed by atoms with Gasteiger partial charge in [0.05, 0.1) is 0 Å². The van der Waals surface area contributed by atoms with Crippen molar-refractivity contribution < 1.29 is 9.90 Å². The Balaban J connectivity index is 2.62. The summed E-state index contributed by atoms with van der Waals surface area (Å²) in [5.41, 5.74) is -0.135. The van der Waals surface area contributed by atoms with Crippen molar-refractivity contribution in [3.63, 3.8) is 0 Å². The van der Waals surface area contributed by atoms with Gasteiger partial charge < -0.3 is 5.11 Å². The number of carbonyl (C=O) groups is 1. The van der Waals surface area contributed by atoms with Gasteiger partial charge in [0, 0.05) is 5.41 Å². The Labute approximate surface area is 74.0 Å². The quantitative estimate of drug-likeness (QED) is 0.687. The molecule has 1 aliphatic carbocycles. The first-order valence-electron chi connectivity index (χ1n) is 4.75. The fourth-order valence-corrected chi connectivity index (χ4v) is 2.12. The SMILES string of the molecule is CC(=O)C(O)C1(C)CCCCC1. The second kappa shape index (κ2) is 3.56. The zero-order valence-corrected chi connectivity index (χ0v) is 7.97. The third-order valence-corrected chi connectivity index (χ3v) is 3.04. The molecule has 0 saturated heterocycles. The minimum absolute atomic E-state index is 0.0839. The molecular weight excluding hydrogens is 152 g/mol. The van der Waals surface area contributed by atoms with Crippen LogP contribution in [0.5, 0.6) is 0 Å². The van der Waals surface area contributed by atoms with E-state index in [-0.39, 0.29) is 11.2 Å². The first-order chi connectivity index (χ1) is 5.56. The van der Waals surface area contributed by atoms with Gasteiger partial charge in [-0.1, -0.05) is 26.2 Å². The van der Waals surface area contributed by atoms with Crippen LogP contribution in [0, 0.1) is 5.41 Å². The van der Waals surface area contributed by atoms with Crippen molar-refractivity contribution >= 4 is 5.78 Å². The lowest BCUT2D eigenvalue weighted by atomic mass is 9.71. The molecule has 1 rings (SSSR count). The van der Waals surface area contributed by atoms with Crippen molar-refractivity contribution in [1.82, 2.24) is 0 Å². The van der Waals surface area contributed by atoms with Crippen LogP contribution in [0.4, 0.5) is 0 Å². The third kappa shape index (κ3) is 1.86. The van der Waals surface area contributed by atoms with Gasteiger partial charge in [0.2, 0.25) is 0 Å². The van der Waals surface area contributed by atoms with Crippen LogP contribution < -0.4 is 0 Å². The lowest BCUT2D eigenvalue weighted by Gasteiger charge is -2.36. The van der Waals surface area contributed by atoms with Gasteiger partial charge in [0.1, 0.15) is 6.10 Å². The fraction of sp³-hybridized carbons (Fsp3) is 0.900. The van der Waals surface area contributed by atoms with E-state index in [0.717, 1.165) is 25.7 Å². The standard InChI is InChI=1S/C10H18O2/c1-8(11)9(12)10(2)6-4-3-5-7-10/h9,12H,3-7H2,1-2H3. The summed E-state index contributed by atoms with van der Waals surface area (Å²) in [5, 5.41) is 9.66. The molecule has 0 aliphatic heterocycles. The summed E-state index contributed by atoms with van der Waals surface area (Å²) >= 11 is 0. The first kappa shape index (κ1) is 9.72. The van der Waals surface area contributed by atoms with E-state index in [4.69, 9.17) is 0 Å². The molecule has 0 spiro atoms. The summed E-state index contributed by atoms with van der Waals surface area (Å²) in [6, 6.07) is 0. The molecule has 2 nitrogen and oxygen atoms in total. The molecular formula is C10H18O2. The van der Waals surface area contributed by atoms with E-state index < -0.39 is 6.10 Å². The molecule has 1 saturated carbocycles. The predicted molar refractivity (Wildman–Crippen MR) is 47.9 cm³/mol. The highest BCUT2D eigenvalue weighted by atomic mass is 16.3. The molecule has 1 N–H and O–H groups in total. The van der Waals surface area contributed by atoms with E-state index in [1.807, 2.05) is 6.92 Å². The van der Waals surface area contributed by atoms with Gasteiger partial charge in [-0.15, -0.1) is 0 Å². The van der Waals surface area contributed by atoms with Crippen molar-refractivity contribution in [3.8, 4) is 0 Å². The second-order valence-electron chi connectivity index (χ2n) is 4.23. The molecule has 1 unspecified atom stereocenters. The van der Waals surface area contributed by atoms with E-state index in [9.17, 15) is 9.90 Å². The minimum Gasteiger partial charge on any atom is -0.385 e. The summed E-state index contributed by atoms with van der Waals surface area (Å²) in [6.45, 7) is 3.50. The van der Waals surface area contributed by atoms with Crippen LogP contribution in [-0.2, 0) is 4.79 Å². The van der Waals surface area contributed by atoms with Gasteiger partial charge in [-0.25, -0.2) is 0 Å². The highest BCUT2D eigenvalue weighted by Crippen LogP contribution is 2.38. The number of hydrogen-bond acceptors (Lipinski definition) is 2. The van der Waals surface area contributed by atoms with Crippen LogP contribution in [-0.4, -0.2) is 17.0 Å². The molecule has 70 valence electrons. The Hall–Kier alpha value is -0.370. The molecule has 0 aromatic heterocycles. The maximum Gasteiger partial charge on any atom is 0.158 e. The van der Waals surface area contributed by atoms with E-state index >= 15 is 0 Å². The highest BCUT2D eigenvalue weighted by Gasteiger charge is 2.36.